The molecule has 5 heteroatoms. The number of rotatable bonds is 5. The second-order valence-corrected chi connectivity index (χ2v) is 7.71. The fourth-order valence-electron chi connectivity index (χ4n) is 4.35. The summed E-state index contributed by atoms with van der Waals surface area (Å²) in [5.41, 5.74) is 2.08. The number of carbonyl (C=O) groups is 1. The van der Waals surface area contributed by atoms with Crippen LogP contribution in [0.3, 0.4) is 0 Å². The van der Waals surface area contributed by atoms with E-state index in [1.807, 2.05) is 60.7 Å². The van der Waals surface area contributed by atoms with Gasteiger partial charge < -0.3 is 14.4 Å². The molecule has 2 fully saturated rings. The summed E-state index contributed by atoms with van der Waals surface area (Å²) in [6.07, 6.45) is 0.884. The number of hydrogen-bond donors (Lipinski definition) is 0. The molecule has 0 N–H and O–H groups in total. The molecule has 4 atom stereocenters. The quantitative estimate of drug-likeness (QED) is 0.739. The zero-order chi connectivity index (χ0) is 19.3. The first-order valence-corrected chi connectivity index (χ1v) is 9.97. The van der Waals surface area contributed by atoms with Gasteiger partial charge in [-0.25, -0.2) is 9.18 Å². The molecule has 2 aliphatic rings. The normalized spacial score (nSPS) is 26.7. The third-order valence-corrected chi connectivity index (χ3v) is 5.66. The predicted molar refractivity (Wildman–Crippen MR) is 104 cm³/mol. The van der Waals surface area contributed by atoms with Gasteiger partial charge in [0.05, 0.1) is 12.7 Å². The summed E-state index contributed by atoms with van der Waals surface area (Å²) in [4.78, 5) is 14.5. The monoisotopic (exact) mass is 383 g/mol. The number of ether oxygens (including phenoxy) is 2. The molecule has 2 unspecified atom stereocenters. The lowest BCUT2D eigenvalue weighted by Crippen LogP contribution is -2.58. The molecular weight excluding hydrogens is 357 g/mol. The fraction of sp³-hybridized carbons (Fsp3) is 0.435. The topological polar surface area (TPSA) is 38.8 Å². The van der Waals surface area contributed by atoms with E-state index in [0.29, 0.717) is 32.3 Å². The van der Waals surface area contributed by atoms with Crippen LogP contribution in [0, 0.1) is 0 Å². The highest BCUT2D eigenvalue weighted by Crippen LogP contribution is 2.37. The molecule has 148 valence electrons. The van der Waals surface area contributed by atoms with E-state index in [1.54, 1.807) is 4.90 Å². The molecule has 2 heterocycles. The first kappa shape index (κ1) is 18.9. The van der Waals surface area contributed by atoms with Gasteiger partial charge in [-0.1, -0.05) is 60.7 Å². The molecule has 2 saturated heterocycles. The van der Waals surface area contributed by atoms with E-state index < -0.39 is 6.17 Å². The van der Waals surface area contributed by atoms with E-state index in [9.17, 15) is 9.18 Å². The van der Waals surface area contributed by atoms with E-state index in [1.165, 1.54) is 0 Å². The van der Waals surface area contributed by atoms with Crippen molar-refractivity contribution in [1.29, 1.82) is 0 Å². The molecule has 0 spiro atoms. The Morgan fingerprint density at radius 1 is 0.857 bits per heavy atom. The van der Waals surface area contributed by atoms with E-state index in [2.05, 4.69) is 0 Å². The molecule has 0 saturated carbocycles. The number of carbonyl (C=O) groups excluding carboxylic acids is 1. The Kier molecular flexibility index (Phi) is 5.91. The van der Waals surface area contributed by atoms with Gasteiger partial charge >= 0.3 is 6.09 Å². The summed E-state index contributed by atoms with van der Waals surface area (Å²) >= 11 is 0. The second-order valence-electron chi connectivity index (χ2n) is 7.71. The number of fused-ring (bicyclic) bond motifs is 2. The van der Waals surface area contributed by atoms with E-state index >= 15 is 0 Å². The number of nitrogens with zero attached hydrogens (tertiary/aromatic N) is 1. The Hall–Kier alpha value is -2.40. The van der Waals surface area contributed by atoms with Crippen LogP contribution in [0.1, 0.15) is 36.8 Å². The minimum Gasteiger partial charge on any atom is -0.445 e. The molecule has 4 rings (SSSR count). The average Bonchev–Trinajstić information content (AvgIpc) is 2.71. The maximum Gasteiger partial charge on any atom is 0.410 e. The van der Waals surface area contributed by atoms with Crippen molar-refractivity contribution < 1.29 is 18.7 Å². The lowest BCUT2D eigenvalue weighted by Gasteiger charge is -2.48. The van der Waals surface area contributed by atoms with Crippen molar-refractivity contribution in [1.82, 2.24) is 4.90 Å². The first-order chi connectivity index (χ1) is 13.7. The van der Waals surface area contributed by atoms with Crippen LogP contribution < -0.4 is 0 Å². The first-order valence-electron chi connectivity index (χ1n) is 9.97. The minimum atomic E-state index is -0.858. The van der Waals surface area contributed by atoms with Gasteiger partial charge in [0.25, 0.3) is 0 Å². The number of halogens is 1. The van der Waals surface area contributed by atoms with Gasteiger partial charge in [-0.3, -0.25) is 0 Å². The molecule has 4 nitrogen and oxygen atoms in total. The van der Waals surface area contributed by atoms with Crippen LogP contribution in [-0.2, 0) is 22.7 Å². The van der Waals surface area contributed by atoms with E-state index in [4.69, 9.17) is 9.47 Å². The maximum absolute atomic E-state index is 14.2. The van der Waals surface area contributed by atoms with Crippen LogP contribution in [-0.4, -0.2) is 35.4 Å². The number of benzene rings is 2. The largest absolute Gasteiger partial charge is 0.445 e. The van der Waals surface area contributed by atoms with Crippen LogP contribution >= 0.6 is 0 Å². The standard InChI is InChI=1S/C23H26FNO3/c24-19-11-20-13-22(27-15-17-7-3-1-4-8-17)14-21(12-19)25(20)23(26)28-16-18-9-5-2-6-10-18/h1-10,19-22H,11-16H2/t19?,20-,21+,22?. The summed E-state index contributed by atoms with van der Waals surface area (Å²) in [7, 11) is 0. The predicted octanol–water partition coefficient (Wildman–Crippen LogP) is 4.87. The zero-order valence-electron chi connectivity index (χ0n) is 15.9. The Morgan fingerprint density at radius 3 is 1.96 bits per heavy atom. The van der Waals surface area contributed by atoms with Gasteiger partial charge in [-0.05, 0) is 36.8 Å². The maximum atomic E-state index is 14.2. The lowest BCUT2D eigenvalue weighted by molar-refractivity contribution is -0.0744. The van der Waals surface area contributed by atoms with Crippen molar-refractivity contribution in [2.45, 2.75) is 63.3 Å². The van der Waals surface area contributed by atoms with Crippen LogP contribution in [0.2, 0.25) is 0 Å². The van der Waals surface area contributed by atoms with Crippen LogP contribution in [0.15, 0.2) is 60.7 Å². The van der Waals surface area contributed by atoms with Crippen molar-refractivity contribution in [2.75, 3.05) is 0 Å². The van der Waals surface area contributed by atoms with Crippen LogP contribution in [0.25, 0.3) is 0 Å². The highest BCUT2D eigenvalue weighted by Gasteiger charge is 2.45. The van der Waals surface area contributed by atoms with Gasteiger partial charge in [0.1, 0.15) is 12.8 Å². The molecule has 0 aliphatic carbocycles. The molecule has 2 aromatic carbocycles. The Morgan fingerprint density at radius 2 is 1.39 bits per heavy atom. The van der Waals surface area contributed by atoms with Crippen molar-refractivity contribution in [2.24, 2.45) is 0 Å². The highest BCUT2D eigenvalue weighted by atomic mass is 19.1. The van der Waals surface area contributed by atoms with E-state index in [0.717, 1.165) is 11.1 Å². The van der Waals surface area contributed by atoms with Crippen molar-refractivity contribution in [3.63, 3.8) is 0 Å². The van der Waals surface area contributed by atoms with Gasteiger partial charge in [0.2, 0.25) is 0 Å². The smallest absolute Gasteiger partial charge is 0.410 e. The van der Waals surface area contributed by atoms with Gasteiger partial charge in [-0.2, -0.15) is 0 Å². The Labute approximate surface area is 165 Å². The third kappa shape index (κ3) is 4.53. The summed E-state index contributed by atoms with van der Waals surface area (Å²) in [6, 6.07) is 19.3. The SMILES string of the molecule is O=C(OCc1ccccc1)N1[C@@H]2CC(F)C[C@H]1CC(OCc1ccccc1)C2. The van der Waals surface area contributed by atoms with Crippen molar-refractivity contribution in [3.05, 3.63) is 71.8 Å². The van der Waals surface area contributed by atoms with Crippen LogP contribution in [0.4, 0.5) is 9.18 Å². The van der Waals surface area contributed by atoms with Gasteiger partial charge in [0.15, 0.2) is 0 Å². The Bertz CT molecular complexity index is 754. The highest BCUT2D eigenvalue weighted by molar-refractivity contribution is 5.69. The molecule has 2 aliphatic heterocycles. The summed E-state index contributed by atoms with van der Waals surface area (Å²) in [5, 5.41) is 0. The van der Waals surface area contributed by atoms with Crippen LogP contribution in [0.5, 0.6) is 0 Å². The summed E-state index contributed by atoms with van der Waals surface area (Å²) in [5.74, 6) is 0. The average molecular weight is 383 g/mol. The number of amides is 1. The number of alkyl halides is 1. The van der Waals surface area contributed by atoms with Crippen molar-refractivity contribution in [3.8, 4) is 0 Å². The second kappa shape index (κ2) is 8.74. The number of hydrogen-bond acceptors (Lipinski definition) is 3. The molecule has 2 bridgehead atoms. The molecule has 0 aromatic heterocycles. The Balaban J connectivity index is 1.36. The molecular formula is C23H26FNO3. The molecule has 1 amide bonds. The third-order valence-electron chi connectivity index (χ3n) is 5.66. The molecule has 2 aromatic rings. The van der Waals surface area contributed by atoms with Gasteiger partial charge in [0, 0.05) is 12.1 Å². The van der Waals surface area contributed by atoms with Crippen molar-refractivity contribution >= 4 is 6.09 Å². The van der Waals surface area contributed by atoms with E-state index in [-0.39, 0.29) is 30.9 Å². The van der Waals surface area contributed by atoms with Gasteiger partial charge in [-0.15, -0.1) is 0 Å². The number of piperidine rings is 2. The summed E-state index contributed by atoms with van der Waals surface area (Å²) in [6.45, 7) is 0.783. The fourth-order valence-corrected chi connectivity index (χ4v) is 4.35. The zero-order valence-corrected chi connectivity index (χ0v) is 15.9. The summed E-state index contributed by atoms with van der Waals surface area (Å²) < 4.78 is 25.8. The lowest BCUT2D eigenvalue weighted by atomic mass is 9.82. The molecule has 28 heavy (non-hydrogen) atoms. The minimum absolute atomic E-state index is 0.0425. The molecule has 0 radical (unpaired) electrons.